The van der Waals surface area contributed by atoms with Crippen LogP contribution in [0.2, 0.25) is 0 Å². The maximum atomic E-state index is 12.3. The molecule has 0 saturated heterocycles. The number of hydrogen-bond donors (Lipinski definition) is 2. The summed E-state index contributed by atoms with van der Waals surface area (Å²) in [6, 6.07) is 0. The minimum Gasteiger partial charge on any atom is -0.462 e. The second-order valence-corrected chi connectivity index (χ2v) is 8.86. The van der Waals surface area contributed by atoms with E-state index in [-0.39, 0.29) is 30.3 Å². The highest BCUT2D eigenvalue weighted by Crippen LogP contribution is 2.37. The molecule has 0 aliphatic rings. The number of rotatable bonds is 8. The summed E-state index contributed by atoms with van der Waals surface area (Å²) in [5.41, 5.74) is 0.664. The number of esters is 1. The van der Waals surface area contributed by atoms with Crippen LogP contribution < -0.4 is 10.6 Å². The minimum atomic E-state index is -1.89. The predicted molar refractivity (Wildman–Crippen MR) is 106 cm³/mol. The van der Waals surface area contributed by atoms with Crippen molar-refractivity contribution in [1.82, 2.24) is 5.32 Å². The highest BCUT2D eigenvalue weighted by Gasteiger charge is 2.36. The highest BCUT2D eigenvalue weighted by molar-refractivity contribution is 7.18. The van der Waals surface area contributed by atoms with Crippen molar-refractivity contribution in [2.75, 3.05) is 11.9 Å². The van der Waals surface area contributed by atoms with Gasteiger partial charge in [0.05, 0.1) is 17.0 Å². The number of carbonyl (C=O) groups excluding carboxylic acids is 3. The van der Waals surface area contributed by atoms with Crippen LogP contribution in [0.1, 0.15) is 59.2 Å². The Bertz CT molecular complexity index is 686. The van der Waals surface area contributed by atoms with Gasteiger partial charge in [-0.2, -0.15) is 0 Å². The first-order chi connectivity index (χ1) is 12.0. The Morgan fingerprint density at radius 1 is 1.23 bits per heavy atom. The number of hydrogen-bond acceptors (Lipinski definition) is 6. The molecule has 1 heterocycles. The lowest BCUT2D eigenvalue weighted by Crippen LogP contribution is -2.49. The third kappa shape index (κ3) is 6.01. The first kappa shape index (κ1) is 23.0. The van der Waals surface area contributed by atoms with Gasteiger partial charge in [-0.15, -0.1) is 11.3 Å². The Balaban J connectivity index is 3.29. The molecule has 1 amide bonds. The van der Waals surface area contributed by atoms with Gasteiger partial charge in [0.25, 0.3) is 0 Å². The molecular formula is C16H21Cl3N2O4S. The molecule has 1 atom stereocenters. The molecule has 1 aromatic rings. The number of carbonyl (C=O) groups is 3. The molecule has 2 N–H and O–H groups in total. The average Bonchev–Trinajstić information content (AvgIpc) is 2.83. The summed E-state index contributed by atoms with van der Waals surface area (Å²) in [4.78, 5) is 36.5. The van der Waals surface area contributed by atoms with E-state index < -0.39 is 15.9 Å². The van der Waals surface area contributed by atoms with Gasteiger partial charge in [-0.25, -0.2) is 4.79 Å². The summed E-state index contributed by atoms with van der Waals surface area (Å²) >= 11 is 19.0. The molecule has 10 heteroatoms. The number of thiophene rings is 1. The number of amides is 1. The van der Waals surface area contributed by atoms with E-state index in [1.165, 1.54) is 6.92 Å². The quantitative estimate of drug-likeness (QED) is 0.268. The highest BCUT2D eigenvalue weighted by atomic mass is 35.6. The molecule has 0 saturated carbocycles. The van der Waals surface area contributed by atoms with Crippen LogP contribution in [0.15, 0.2) is 0 Å². The first-order valence-electron chi connectivity index (χ1n) is 7.96. The minimum absolute atomic E-state index is 0.171. The fraction of sp³-hybridized carbons (Fsp3) is 0.562. The lowest BCUT2D eigenvalue weighted by molar-refractivity contribution is -0.121. The van der Waals surface area contributed by atoms with Gasteiger partial charge in [-0.3, -0.25) is 9.59 Å². The SMILES string of the molecule is CCCC(=O)N[C@@H](Nc1sc(C(C)=O)c(C)c1C(=O)OCC)C(Cl)(Cl)Cl. The van der Waals surface area contributed by atoms with E-state index in [2.05, 4.69) is 10.6 Å². The molecule has 6 nitrogen and oxygen atoms in total. The van der Waals surface area contributed by atoms with Gasteiger partial charge in [0, 0.05) is 6.42 Å². The molecule has 146 valence electrons. The number of halogens is 3. The Morgan fingerprint density at radius 2 is 1.85 bits per heavy atom. The van der Waals surface area contributed by atoms with Gasteiger partial charge in [0.1, 0.15) is 11.2 Å². The van der Waals surface area contributed by atoms with E-state index in [0.717, 1.165) is 11.3 Å². The molecule has 0 unspecified atom stereocenters. The largest absolute Gasteiger partial charge is 0.462 e. The zero-order valence-electron chi connectivity index (χ0n) is 14.9. The molecular weight excluding hydrogens is 423 g/mol. The number of ketones is 1. The van der Waals surface area contributed by atoms with Crippen LogP contribution in [0.3, 0.4) is 0 Å². The monoisotopic (exact) mass is 442 g/mol. The summed E-state index contributed by atoms with van der Waals surface area (Å²) in [6.45, 7) is 6.73. The fourth-order valence-corrected chi connectivity index (χ4v) is 3.64. The summed E-state index contributed by atoms with van der Waals surface area (Å²) in [6.07, 6.45) is -0.220. The molecule has 1 aromatic heterocycles. The number of alkyl halides is 3. The second-order valence-electron chi connectivity index (χ2n) is 5.47. The van der Waals surface area contributed by atoms with Crippen molar-refractivity contribution in [3.8, 4) is 0 Å². The van der Waals surface area contributed by atoms with E-state index in [0.29, 0.717) is 21.9 Å². The molecule has 0 aromatic carbocycles. The van der Waals surface area contributed by atoms with Crippen molar-refractivity contribution in [1.29, 1.82) is 0 Å². The number of ether oxygens (including phenoxy) is 1. The predicted octanol–water partition coefficient (Wildman–Crippen LogP) is 4.46. The molecule has 0 aliphatic carbocycles. The number of nitrogens with one attached hydrogen (secondary N) is 2. The Labute approximate surface area is 171 Å². The number of anilines is 1. The van der Waals surface area contributed by atoms with Crippen LogP contribution in [-0.2, 0) is 9.53 Å². The van der Waals surface area contributed by atoms with Crippen molar-refractivity contribution >= 4 is 68.8 Å². The molecule has 0 spiro atoms. The van der Waals surface area contributed by atoms with Crippen LogP contribution in [0, 0.1) is 6.92 Å². The molecule has 0 bridgehead atoms. The number of Topliss-reactive ketones (excluding diaryl/α,β-unsaturated/α-hetero) is 1. The van der Waals surface area contributed by atoms with E-state index >= 15 is 0 Å². The average molecular weight is 444 g/mol. The Hall–Kier alpha value is -1.02. The van der Waals surface area contributed by atoms with Crippen molar-refractivity contribution in [3.05, 3.63) is 16.0 Å². The lowest BCUT2D eigenvalue weighted by atomic mass is 10.1. The fourth-order valence-electron chi connectivity index (χ4n) is 2.19. The maximum absolute atomic E-state index is 12.3. The molecule has 1 rings (SSSR count). The Kier molecular flexibility index (Phi) is 8.66. The molecule has 0 radical (unpaired) electrons. The van der Waals surface area contributed by atoms with Crippen molar-refractivity contribution in [2.45, 2.75) is 50.5 Å². The zero-order chi connectivity index (χ0) is 20.1. The van der Waals surface area contributed by atoms with E-state index in [9.17, 15) is 14.4 Å². The van der Waals surface area contributed by atoms with Crippen LogP contribution in [0.5, 0.6) is 0 Å². The summed E-state index contributed by atoms with van der Waals surface area (Å²) in [7, 11) is 0. The van der Waals surface area contributed by atoms with Crippen molar-refractivity contribution in [3.63, 3.8) is 0 Å². The van der Waals surface area contributed by atoms with Crippen LogP contribution in [-0.4, -0.2) is 34.2 Å². The van der Waals surface area contributed by atoms with Gasteiger partial charge >= 0.3 is 5.97 Å². The summed E-state index contributed by atoms with van der Waals surface area (Å²) in [5, 5.41) is 5.75. The lowest BCUT2D eigenvalue weighted by Gasteiger charge is -2.27. The summed E-state index contributed by atoms with van der Waals surface area (Å²) < 4.78 is 3.17. The molecule has 0 fully saturated rings. The van der Waals surface area contributed by atoms with Crippen molar-refractivity contribution in [2.24, 2.45) is 0 Å². The topological polar surface area (TPSA) is 84.5 Å². The van der Waals surface area contributed by atoms with Gasteiger partial charge in [-0.1, -0.05) is 41.7 Å². The second kappa shape index (κ2) is 9.78. The zero-order valence-corrected chi connectivity index (χ0v) is 18.0. The molecule has 0 aliphatic heterocycles. The van der Waals surface area contributed by atoms with E-state index in [4.69, 9.17) is 39.5 Å². The standard InChI is InChI=1S/C16H21Cl3N2O4S/c1-5-7-10(23)20-15(16(17,18)19)21-13-11(14(24)25-6-2)8(3)12(26-13)9(4)22/h15,21H,5-7H2,1-4H3,(H,20,23)/t15-/m0/s1. The summed E-state index contributed by atoms with van der Waals surface area (Å²) in [5.74, 6) is -1.11. The van der Waals surface area contributed by atoms with Crippen LogP contribution >= 0.6 is 46.1 Å². The normalized spacial score (nSPS) is 12.4. The van der Waals surface area contributed by atoms with E-state index in [1.54, 1.807) is 13.8 Å². The van der Waals surface area contributed by atoms with Crippen LogP contribution in [0.4, 0.5) is 5.00 Å². The maximum Gasteiger partial charge on any atom is 0.341 e. The third-order valence-corrected chi connectivity index (χ3v) is 5.31. The van der Waals surface area contributed by atoms with Gasteiger partial charge in [0.2, 0.25) is 9.70 Å². The van der Waals surface area contributed by atoms with Crippen molar-refractivity contribution < 1.29 is 19.1 Å². The smallest absolute Gasteiger partial charge is 0.341 e. The van der Waals surface area contributed by atoms with E-state index in [1.807, 2.05) is 6.92 Å². The van der Waals surface area contributed by atoms with Crippen LogP contribution in [0.25, 0.3) is 0 Å². The van der Waals surface area contributed by atoms with Gasteiger partial charge in [-0.05, 0) is 32.8 Å². The van der Waals surface area contributed by atoms with Gasteiger partial charge < -0.3 is 15.4 Å². The molecule has 26 heavy (non-hydrogen) atoms. The first-order valence-corrected chi connectivity index (χ1v) is 9.91. The third-order valence-electron chi connectivity index (χ3n) is 3.33. The Morgan fingerprint density at radius 3 is 2.31 bits per heavy atom. The van der Waals surface area contributed by atoms with Gasteiger partial charge in [0.15, 0.2) is 5.78 Å².